The second kappa shape index (κ2) is 2.64. The maximum Gasteiger partial charge on any atom is 0.116 e. The number of hydrogen-bond donors (Lipinski definition) is 1. The molecule has 0 saturated heterocycles. The fraction of sp³-hybridized carbons (Fsp3) is 0.600. The molecule has 0 aliphatic heterocycles. The largest absolute Gasteiger partial charge is 0.397 e. The lowest BCUT2D eigenvalue weighted by atomic mass is 10.0. The summed E-state index contributed by atoms with van der Waals surface area (Å²) < 4.78 is 0.759. The SMILES string of the molecule is Cc1sc(Cl)c(N)c1C1CC1(C)C. The number of nitrogen functional groups attached to an aromatic ring is 1. The molecule has 1 nitrogen and oxygen atoms in total. The lowest BCUT2D eigenvalue weighted by Crippen LogP contribution is -1.94. The molecule has 1 atom stereocenters. The summed E-state index contributed by atoms with van der Waals surface area (Å²) >= 11 is 7.60. The van der Waals surface area contributed by atoms with Crippen molar-refractivity contribution in [3.8, 4) is 0 Å². The van der Waals surface area contributed by atoms with Crippen LogP contribution in [0.3, 0.4) is 0 Å². The van der Waals surface area contributed by atoms with E-state index in [-0.39, 0.29) is 0 Å². The molecule has 1 aliphatic rings. The number of aryl methyl sites for hydroxylation is 1. The fourth-order valence-corrected chi connectivity index (χ4v) is 3.23. The standard InChI is InChI=1S/C10H14ClNS/c1-5-7(6-4-10(6,2)3)8(12)9(11)13-5/h6H,4,12H2,1-3H3. The highest BCUT2D eigenvalue weighted by Crippen LogP contribution is 2.62. The zero-order valence-electron chi connectivity index (χ0n) is 8.15. The van der Waals surface area contributed by atoms with E-state index >= 15 is 0 Å². The highest BCUT2D eigenvalue weighted by molar-refractivity contribution is 7.17. The second-order valence-corrected chi connectivity index (χ2v) is 6.33. The van der Waals surface area contributed by atoms with Gasteiger partial charge in [0.05, 0.1) is 5.69 Å². The van der Waals surface area contributed by atoms with Crippen LogP contribution in [0.15, 0.2) is 0 Å². The van der Waals surface area contributed by atoms with Crippen molar-refractivity contribution in [2.24, 2.45) is 5.41 Å². The Labute approximate surface area is 87.9 Å². The molecule has 2 rings (SSSR count). The molecular formula is C10H14ClNS. The molecule has 72 valence electrons. The van der Waals surface area contributed by atoms with Crippen molar-refractivity contribution in [3.05, 3.63) is 14.8 Å². The van der Waals surface area contributed by atoms with Gasteiger partial charge in [-0.15, -0.1) is 11.3 Å². The first-order valence-corrected chi connectivity index (χ1v) is 5.67. The molecule has 1 saturated carbocycles. The third-order valence-corrected chi connectivity index (χ3v) is 4.35. The van der Waals surface area contributed by atoms with Gasteiger partial charge in [0.15, 0.2) is 0 Å². The van der Waals surface area contributed by atoms with Crippen molar-refractivity contribution < 1.29 is 0 Å². The summed E-state index contributed by atoms with van der Waals surface area (Å²) in [6, 6.07) is 0. The van der Waals surface area contributed by atoms with E-state index in [9.17, 15) is 0 Å². The minimum atomic E-state index is 0.434. The topological polar surface area (TPSA) is 26.0 Å². The van der Waals surface area contributed by atoms with Crippen LogP contribution in [0.5, 0.6) is 0 Å². The summed E-state index contributed by atoms with van der Waals surface area (Å²) in [5.74, 6) is 0.635. The smallest absolute Gasteiger partial charge is 0.116 e. The molecule has 1 fully saturated rings. The first kappa shape index (κ1) is 9.35. The van der Waals surface area contributed by atoms with E-state index in [1.54, 1.807) is 11.3 Å². The number of halogens is 1. The molecular weight excluding hydrogens is 202 g/mol. The third kappa shape index (κ3) is 1.36. The zero-order valence-corrected chi connectivity index (χ0v) is 9.72. The van der Waals surface area contributed by atoms with Gasteiger partial charge in [0.1, 0.15) is 4.34 Å². The maximum atomic E-state index is 5.99. The van der Waals surface area contributed by atoms with E-state index in [0.29, 0.717) is 11.3 Å². The lowest BCUT2D eigenvalue weighted by molar-refractivity contribution is 0.622. The number of rotatable bonds is 1. The van der Waals surface area contributed by atoms with E-state index in [4.69, 9.17) is 17.3 Å². The first-order chi connectivity index (χ1) is 5.93. The lowest BCUT2D eigenvalue weighted by Gasteiger charge is -2.04. The molecule has 1 aromatic heterocycles. The van der Waals surface area contributed by atoms with Gasteiger partial charge in [-0.25, -0.2) is 0 Å². The highest BCUT2D eigenvalue weighted by atomic mass is 35.5. The zero-order chi connectivity index (χ0) is 9.80. The van der Waals surface area contributed by atoms with E-state index in [2.05, 4.69) is 20.8 Å². The Morgan fingerprint density at radius 3 is 2.38 bits per heavy atom. The van der Waals surface area contributed by atoms with Crippen molar-refractivity contribution in [1.29, 1.82) is 0 Å². The van der Waals surface area contributed by atoms with Crippen LogP contribution in [0.25, 0.3) is 0 Å². The van der Waals surface area contributed by atoms with Crippen LogP contribution in [-0.2, 0) is 0 Å². The van der Waals surface area contributed by atoms with Crippen LogP contribution in [0.1, 0.15) is 36.6 Å². The Kier molecular flexibility index (Phi) is 1.90. The van der Waals surface area contributed by atoms with Gasteiger partial charge < -0.3 is 5.73 Å². The molecule has 1 unspecified atom stereocenters. The van der Waals surface area contributed by atoms with Gasteiger partial charge in [-0.3, -0.25) is 0 Å². The summed E-state index contributed by atoms with van der Waals surface area (Å²) in [7, 11) is 0. The van der Waals surface area contributed by atoms with E-state index in [0.717, 1.165) is 10.0 Å². The molecule has 0 spiro atoms. The average Bonchev–Trinajstić information content (AvgIpc) is 2.51. The molecule has 1 heterocycles. The predicted octanol–water partition coefficient (Wildman–Crippen LogP) is 3.81. The van der Waals surface area contributed by atoms with Gasteiger partial charge >= 0.3 is 0 Å². The van der Waals surface area contributed by atoms with Crippen LogP contribution < -0.4 is 5.73 Å². The van der Waals surface area contributed by atoms with Gasteiger partial charge in [-0.2, -0.15) is 0 Å². The monoisotopic (exact) mass is 215 g/mol. The predicted molar refractivity (Wildman–Crippen MR) is 59.6 cm³/mol. The molecule has 1 aromatic rings. The van der Waals surface area contributed by atoms with Crippen LogP contribution in [-0.4, -0.2) is 0 Å². The fourth-order valence-electron chi connectivity index (χ4n) is 1.93. The van der Waals surface area contributed by atoms with Crippen molar-refractivity contribution >= 4 is 28.6 Å². The number of thiophene rings is 1. The van der Waals surface area contributed by atoms with Crippen molar-refractivity contribution in [2.75, 3.05) is 5.73 Å². The van der Waals surface area contributed by atoms with Crippen molar-refractivity contribution in [2.45, 2.75) is 33.1 Å². The van der Waals surface area contributed by atoms with Crippen LogP contribution in [0.2, 0.25) is 4.34 Å². The summed E-state index contributed by atoms with van der Waals surface area (Å²) in [5.41, 5.74) is 8.50. The Morgan fingerprint density at radius 1 is 1.54 bits per heavy atom. The molecule has 3 heteroatoms. The Morgan fingerprint density at radius 2 is 2.08 bits per heavy atom. The quantitative estimate of drug-likeness (QED) is 0.758. The van der Waals surface area contributed by atoms with Crippen molar-refractivity contribution in [1.82, 2.24) is 0 Å². The van der Waals surface area contributed by atoms with Gasteiger partial charge in [-0.1, -0.05) is 25.4 Å². The minimum absolute atomic E-state index is 0.434. The molecule has 0 aromatic carbocycles. The molecule has 0 radical (unpaired) electrons. The van der Waals surface area contributed by atoms with Gasteiger partial charge in [0.2, 0.25) is 0 Å². The summed E-state index contributed by atoms with van der Waals surface area (Å²) in [6.45, 7) is 6.67. The van der Waals surface area contributed by atoms with E-state index < -0.39 is 0 Å². The summed E-state index contributed by atoms with van der Waals surface area (Å²) in [5, 5.41) is 0. The van der Waals surface area contributed by atoms with Crippen LogP contribution in [0, 0.1) is 12.3 Å². The van der Waals surface area contributed by atoms with Gasteiger partial charge in [-0.05, 0) is 30.2 Å². The normalized spacial score (nSPS) is 24.8. The van der Waals surface area contributed by atoms with E-state index in [1.807, 2.05) is 0 Å². The minimum Gasteiger partial charge on any atom is -0.397 e. The molecule has 0 bridgehead atoms. The van der Waals surface area contributed by atoms with Crippen LogP contribution >= 0.6 is 22.9 Å². The van der Waals surface area contributed by atoms with Crippen molar-refractivity contribution in [3.63, 3.8) is 0 Å². The maximum absolute atomic E-state index is 5.99. The molecule has 0 amide bonds. The highest BCUT2D eigenvalue weighted by Gasteiger charge is 2.48. The van der Waals surface area contributed by atoms with Gasteiger partial charge in [0.25, 0.3) is 0 Å². The Hall–Kier alpha value is -0.210. The van der Waals surface area contributed by atoms with Crippen LogP contribution in [0.4, 0.5) is 5.69 Å². The summed E-state index contributed by atoms with van der Waals surface area (Å²) in [4.78, 5) is 1.29. The first-order valence-electron chi connectivity index (χ1n) is 4.48. The third-order valence-electron chi connectivity index (χ3n) is 2.99. The molecule has 2 N–H and O–H groups in total. The summed E-state index contributed by atoms with van der Waals surface area (Å²) in [6.07, 6.45) is 1.24. The number of nitrogens with two attached hydrogens (primary N) is 1. The van der Waals surface area contributed by atoms with Gasteiger partial charge in [0, 0.05) is 4.88 Å². The second-order valence-electron chi connectivity index (χ2n) is 4.50. The molecule has 1 aliphatic carbocycles. The molecule has 13 heavy (non-hydrogen) atoms. The van der Waals surface area contributed by atoms with E-state index in [1.165, 1.54) is 16.9 Å². The number of anilines is 1. The number of hydrogen-bond acceptors (Lipinski definition) is 2. The average molecular weight is 216 g/mol. The Balaban J connectivity index is 2.42. The Bertz CT molecular complexity index is 354.